The summed E-state index contributed by atoms with van der Waals surface area (Å²) in [4.78, 5) is 17.7. The topological polar surface area (TPSA) is 59.8 Å². The van der Waals surface area contributed by atoms with Crippen molar-refractivity contribution in [3.63, 3.8) is 0 Å². The third-order valence-electron chi connectivity index (χ3n) is 3.55. The fraction of sp³-hybridized carbons (Fsp3) is 0.312. The van der Waals surface area contributed by atoms with Gasteiger partial charge in [0.25, 0.3) is 0 Å². The van der Waals surface area contributed by atoms with Gasteiger partial charge in [0.2, 0.25) is 5.91 Å². The number of aromatic nitrogens is 3. The molecule has 3 aromatic heterocycles. The molecule has 0 fully saturated rings. The minimum absolute atomic E-state index is 0.0271. The number of hydrogen-bond donors (Lipinski definition) is 1. The van der Waals surface area contributed by atoms with E-state index in [2.05, 4.69) is 26.8 Å². The molecule has 6 heteroatoms. The fourth-order valence-corrected chi connectivity index (χ4v) is 3.23. The molecule has 0 radical (unpaired) electrons. The highest BCUT2D eigenvalue weighted by molar-refractivity contribution is 7.09. The highest BCUT2D eigenvalue weighted by Gasteiger charge is 2.09. The van der Waals surface area contributed by atoms with E-state index in [1.807, 2.05) is 26.1 Å². The van der Waals surface area contributed by atoms with Crippen molar-refractivity contribution < 1.29 is 4.79 Å². The summed E-state index contributed by atoms with van der Waals surface area (Å²) in [6.07, 6.45) is 4.00. The van der Waals surface area contributed by atoms with Crippen LogP contribution in [-0.4, -0.2) is 20.7 Å². The first kappa shape index (κ1) is 14.7. The molecule has 3 aromatic rings. The van der Waals surface area contributed by atoms with E-state index in [1.165, 1.54) is 4.88 Å². The normalized spacial score (nSPS) is 11.0. The number of nitrogens with one attached hydrogen (secondary N) is 1. The molecule has 114 valence electrons. The molecule has 0 bridgehead atoms. The van der Waals surface area contributed by atoms with Crippen molar-refractivity contribution in [1.29, 1.82) is 0 Å². The maximum absolute atomic E-state index is 12.0. The Morgan fingerprint density at radius 2 is 2.32 bits per heavy atom. The van der Waals surface area contributed by atoms with Gasteiger partial charge in [0.05, 0.1) is 17.6 Å². The van der Waals surface area contributed by atoms with Crippen molar-refractivity contribution in [3.8, 4) is 0 Å². The number of hydrogen-bond acceptors (Lipinski definition) is 4. The maximum Gasteiger partial charge on any atom is 0.224 e. The molecular formula is C16H18N4OS. The summed E-state index contributed by atoms with van der Waals surface area (Å²) in [6, 6.07) is 6.07. The molecular weight excluding hydrogens is 296 g/mol. The van der Waals surface area contributed by atoms with Gasteiger partial charge in [-0.1, -0.05) is 6.07 Å². The number of thiophene rings is 1. The van der Waals surface area contributed by atoms with Crippen molar-refractivity contribution in [2.45, 2.75) is 26.2 Å². The Bertz CT molecular complexity index is 792. The first-order valence-corrected chi connectivity index (χ1v) is 8.13. The van der Waals surface area contributed by atoms with Crippen molar-refractivity contribution in [1.82, 2.24) is 14.8 Å². The van der Waals surface area contributed by atoms with Crippen LogP contribution in [0.25, 0.3) is 11.0 Å². The lowest BCUT2D eigenvalue weighted by atomic mass is 10.2. The zero-order valence-electron chi connectivity index (χ0n) is 12.7. The predicted molar refractivity (Wildman–Crippen MR) is 89.1 cm³/mol. The third-order valence-corrected chi connectivity index (χ3v) is 4.49. The number of fused-ring (bicyclic) bond motifs is 1. The van der Waals surface area contributed by atoms with Crippen molar-refractivity contribution in [2.24, 2.45) is 7.05 Å². The van der Waals surface area contributed by atoms with Crippen molar-refractivity contribution >= 4 is 34.0 Å². The number of nitrogens with zero attached hydrogens (tertiary/aromatic N) is 3. The molecule has 22 heavy (non-hydrogen) atoms. The summed E-state index contributed by atoms with van der Waals surface area (Å²) in [5.41, 5.74) is 2.47. The van der Waals surface area contributed by atoms with Gasteiger partial charge in [-0.2, -0.15) is 5.10 Å². The second-order valence-corrected chi connectivity index (χ2v) is 6.32. The van der Waals surface area contributed by atoms with Gasteiger partial charge in [-0.05, 0) is 37.3 Å². The van der Waals surface area contributed by atoms with Crippen LogP contribution in [0.5, 0.6) is 0 Å². The molecule has 5 nitrogen and oxygen atoms in total. The lowest BCUT2D eigenvalue weighted by Gasteiger charge is -2.05. The summed E-state index contributed by atoms with van der Waals surface area (Å²) >= 11 is 1.73. The Labute approximate surface area is 133 Å². The van der Waals surface area contributed by atoms with E-state index < -0.39 is 0 Å². The smallest absolute Gasteiger partial charge is 0.224 e. The van der Waals surface area contributed by atoms with Crippen LogP contribution in [0.2, 0.25) is 0 Å². The lowest BCUT2D eigenvalue weighted by Crippen LogP contribution is -2.11. The zero-order valence-corrected chi connectivity index (χ0v) is 13.5. The number of amides is 1. The molecule has 0 spiro atoms. The fourth-order valence-electron chi connectivity index (χ4n) is 2.48. The van der Waals surface area contributed by atoms with E-state index in [4.69, 9.17) is 0 Å². The van der Waals surface area contributed by atoms with Gasteiger partial charge in [-0.3, -0.25) is 9.48 Å². The maximum atomic E-state index is 12.0. The van der Waals surface area contributed by atoms with E-state index in [0.29, 0.717) is 6.42 Å². The first-order valence-electron chi connectivity index (χ1n) is 7.25. The number of carbonyl (C=O) groups is 1. The van der Waals surface area contributed by atoms with E-state index in [-0.39, 0.29) is 5.91 Å². The summed E-state index contributed by atoms with van der Waals surface area (Å²) in [5, 5.41) is 10.3. The van der Waals surface area contributed by atoms with Crippen LogP contribution in [0.3, 0.4) is 0 Å². The van der Waals surface area contributed by atoms with Gasteiger partial charge < -0.3 is 5.32 Å². The molecule has 3 heterocycles. The predicted octanol–water partition coefficient (Wildman–Crippen LogP) is 3.30. The van der Waals surface area contributed by atoms with Crippen LogP contribution in [0.15, 0.2) is 29.8 Å². The molecule has 0 atom stereocenters. The Hall–Kier alpha value is -2.21. The second kappa shape index (κ2) is 6.27. The number of pyridine rings is 1. The van der Waals surface area contributed by atoms with Gasteiger partial charge in [0.1, 0.15) is 0 Å². The third kappa shape index (κ3) is 3.17. The first-order chi connectivity index (χ1) is 10.6. The summed E-state index contributed by atoms with van der Waals surface area (Å²) in [7, 11) is 1.87. The van der Waals surface area contributed by atoms with E-state index in [0.717, 1.165) is 35.3 Å². The van der Waals surface area contributed by atoms with Gasteiger partial charge in [-0.25, -0.2) is 4.98 Å². The molecule has 0 unspecified atom stereocenters. The van der Waals surface area contributed by atoms with Gasteiger partial charge in [0, 0.05) is 23.7 Å². The molecule has 3 rings (SSSR count). The summed E-state index contributed by atoms with van der Waals surface area (Å²) < 4.78 is 1.75. The number of rotatable bonds is 5. The molecule has 0 saturated carbocycles. The molecule has 1 N–H and O–H groups in total. The minimum Gasteiger partial charge on any atom is -0.325 e. The van der Waals surface area contributed by atoms with Gasteiger partial charge in [-0.15, -0.1) is 11.3 Å². The largest absolute Gasteiger partial charge is 0.325 e. The second-order valence-electron chi connectivity index (χ2n) is 5.29. The summed E-state index contributed by atoms with van der Waals surface area (Å²) in [6.45, 7) is 1.94. The molecule has 0 aliphatic heterocycles. The number of carbonyl (C=O) groups excluding carboxylic acids is 1. The van der Waals surface area contributed by atoms with Crippen LogP contribution < -0.4 is 5.32 Å². The molecule has 0 saturated heterocycles. The average Bonchev–Trinajstić information content (AvgIpc) is 3.08. The quantitative estimate of drug-likeness (QED) is 0.786. The Morgan fingerprint density at radius 3 is 3.09 bits per heavy atom. The molecule has 0 aliphatic carbocycles. The average molecular weight is 314 g/mol. The highest BCUT2D eigenvalue weighted by Crippen LogP contribution is 2.19. The van der Waals surface area contributed by atoms with Gasteiger partial charge >= 0.3 is 0 Å². The van der Waals surface area contributed by atoms with Crippen LogP contribution in [0.1, 0.15) is 23.4 Å². The lowest BCUT2D eigenvalue weighted by molar-refractivity contribution is -0.116. The zero-order chi connectivity index (χ0) is 15.5. The monoisotopic (exact) mass is 314 g/mol. The Kier molecular flexibility index (Phi) is 4.20. The van der Waals surface area contributed by atoms with E-state index in [9.17, 15) is 4.79 Å². The van der Waals surface area contributed by atoms with Crippen LogP contribution in [0.4, 0.5) is 5.69 Å². The number of aryl methyl sites for hydroxylation is 3. The minimum atomic E-state index is 0.0271. The van der Waals surface area contributed by atoms with E-state index in [1.54, 1.807) is 22.2 Å². The molecule has 0 aliphatic rings. The Balaban J connectivity index is 1.60. The van der Waals surface area contributed by atoms with Gasteiger partial charge in [0.15, 0.2) is 5.65 Å². The highest BCUT2D eigenvalue weighted by atomic mass is 32.1. The Morgan fingerprint density at radius 1 is 1.45 bits per heavy atom. The van der Waals surface area contributed by atoms with Crippen molar-refractivity contribution in [3.05, 3.63) is 40.3 Å². The van der Waals surface area contributed by atoms with Crippen LogP contribution >= 0.6 is 11.3 Å². The van der Waals surface area contributed by atoms with Crippen LogP contribution in [0, 0.1) is 6.92 Å². The number of anilines is 1. The SMILES string of the molecule is Cc1nn(C)c2ncc(NC(=O)CCCc3cccs3)cc12. The van der Waals surface area contributed by atoms with Crippen LogP contribution in [-0.2, 0) is 18.3 Å². The molecule has 1 amide bonds. The standard InChI is InChI=1S/C16H18N4OS/c1-11-14-9-12(10-17-16(14)20(2)19-11)18-15(21)7-3-5-13-6-4-8-22-13/h4,6,8-10H,3,5,7H2,1-2H3,(H,18,21). The summed E-state index contributed by atoms with van der Waals surface area (Å²) in [5.74, 6) is 0.0271. The van der Waals surface area contributed by atoms with E-state index >= 15 is 0 Å². The van der Waals surface area contributed by atoms with Crippen molar-refractivity contribution in [2.75, 3.05) is 5.32 Å². The molecule has 0 aromatic carbocycles.